The molecule has 18 heavy (non-hydrogen) atoms. The quantitative estimate of drug-likeness (QED) is 0.741. The molecule has 0 aromatic carbocycles. The van der Waals surface area contributed by atoms with Crippen LogP contribution < -0.4 is 0 Å². The van der Waals surface area contributed by atoms with E-state index in [1.807, 2.05) is 19.1 Å². The number of hydrogen-bond acceptors (Lipinski definition) is 3. The third kappa shape index (κ3) is 3.95. The SMILES string of the molecule is CC=C(CCCCC)c1cccnc1S(C)(=O)=O. The summed E-state index contributed by atoms with van der Waals surface area (Å²) in [4.78, 5) is 4.02. The molecule has 0 amide bonds. The Labute approximate surface area is 110 Å². The minimum Gasteiger partial charge on any atom is -0.244 e. The molecule has 100 valence electrons. The first kappa shape index (κ1) is 14.9. The minimum absolute atomic E-state index is 0.189. The molecule has 0 aliphatic heterocycles. The Hall–Kier alpha value is -1.16. The molecule has 4 heteroatoms. The summed E-state index contributed by atoms with van der Waals surface area (Å²) < 4.78 is 23.4. The highest BCUT2D eigenvalue weighted by Crippen LogP contribution is 2.25. The predicted molar refractivity (Wildman–Crippen MR) is 75.1 cm³/mol. The van der Waals surface area contributed by atoms with Crippen LogP contribution in [-0.2, 0) is 9.84 Å². The number of hydrogen-bond donors (Lipinski definition) is 0. The molecule has 0 saturated carbocycles. The van der Waals surface area contributed by atoms with Crippen molar-refractivity contribution in [3.05, 3.63) is 30.0 Å². The Balaban J connectivity index is 3.08. The first-order valence-electron chi connectivity index (χ1n) is 6.31. The average molecular weight is 267 g/mol. The van der Waals surface area contributed by atoms with E-state index in [4.69, 9.17) is 0 Å². The van der Waals surface area contributed by atoms with Gasteiger partial charge in [-0.05, 0) is 31.4 Å². The van der Waals surface area contributed by atoms with Crippen molar-refractivity contribution in [3.63, 3.8) is 0 Å². The van der Waals surface area contributed by atoms with E-state index in [9.17, 15) is 8.42 Å². The van der Waals surface area contributed by atoms with Crippen molar-refractivity contribution in [2.75, 3.05) is 6.26 Å². The van der Waals surface area contributed by atoms with Gasteiger partial charge >= 0.3 is 0 Å². The van der Waals surface area contributed by atoms with E-state index in [1.54, 1.807) is 6.07 Å². The fourth-order valence-electron chi connectivity index (χ4n) is 1.93. The van der Waals surface area contributed by atoms with Crippen molar-refractivity contribution in [1.82, 2.24) is 4.98 Å². The summed E-state index contributed by atoms with van der Waals surface area (Å²) in [7, 11) is -3.27. The molecule has 0 unspecified atom stereocenters. The maximum Gasteiger partial charge on any atom is 0.193 e. The highest BCUT2D eigenvalue weighted by atomic mass is 32.2. The van der Waals surface area contributed by atoms with Crippen LogP contribution in [0.5, 0.6) is 0 Å². The zero-order chi connectivity index (χ0) is 13.6. The van der Waals surface area contributed by atoms with Crippen LogP contribution in [-0.4, -0.2) is 19.7 Å². The number of aromatic nitrogens is 1. The van der Waals surface area contributed by atoms with Crippen LogP contribution >= 0.6 is 0 Å². The maximum absolute atomic E-state index is 11.7. The van der Waals surface area contributed by atoms with Gasteiger partial charge in [0, 0.05) is 18.0 Å². The van der Waals surface area contributed by atoms with Crippen molar-refractivity contribution < 1.29 is 8.42 Å². The molecule has 0 atom stereocenters. The van der Waals surface area contributed by atoms with E-state index in [0.29, 0.717) is 0 Å². The van der Waals surface area contributed by atoms with Crippen LogP contribution in [0.25, 0.3) is 5.57 Å². The van der Waals surface area contributed by atoms with Crippen molar-refractivity contribution in [2.45, 2.75) is 44.6 Å². The molecular formula is C14H21NO2S. The van der Waals surface area contributed by atoms with E-state index < -0.39 is 9.84 Å². The van der Waals surface area contributed by atoms with Gasteiger partial charge in [-0.25, -0.2) is 13.4 Å². The lowest BCUT2D eigenvalue weighted by atomic mass is 10.0. The zero-order valence-corrected chi connectivity index (χ0v) is 12.1. The van der Waals surface area contributed by atoms with Gasteiger partial charge in [0.25, 0.3) is 0 Å². The minimum atomic E-state index is -3.27. The summed E-state index contributed by atoms with van der Waals surface area (Å²) in [6.07, 6.45) is 9.01. The Kier molecular flexibility index (Phi) is 5.54. The fraction of sp³-hybridized carbons (Fsp3) is 0.500. The van der Waals surface area contributed by atoms with E-state index in [0.717, 1.165) is 36.8 Å². The van der Waals surface area contributed by atoms with Crippen LogP contribution in [0.1, 0.15) is 45.1 Å². The summed E-state index contributed by atoms with van der Waals surface area (Å²) >= 11 is 0. The van der Waals surface area contributed by atoms with Gasteiger partial charge in [-0.3, -0.25) is 0 Å². The van der Waals surface area contributed by atoms with Crippen LogP contribution in [0.4, 0.5) is 0 Å². The number of rotatable bonds is 6. The van der Waals surface area contributed by atoms with Crippen molar-refractivity contribution >= 4 is 15.4 Å². The first-order valence-corrected chi connectivity index (χ1v) is 8.20. The predicted octanol–water partition coefficient (Wildman–Crippen LogP) is 3.47. The molecule has 3 nitrogen and oxygen atoms in total. The summed E-state index contributed by atoms with van der Waals surface area (Å²) in [5.74, 6) is 0. The summed E-state index contributed by atoms with van der Waals surface area (Å²) in [6, 6.07) is 3.62. The highest BCUT2D eigenvalue weighted by Gasteiger charge is 2.16. The smallest absolute Gasteiger partial charge is 0.193 e. The number of allylic oxidation sites excluding steroid dienone is 2. The van der Waals surface area contributed by atoms with Crippen LogP contribution in [0.2, 0.25) is 0 Å². The molecule has 0 N–H and O–H groups in total. The zero-order valence-electron chi connectivity index (χ0n) is 11.3. The molecule has 0 aliphatic carbocycles. The standard InChI is InChI=1S/C14H21NO2S/c1-4-6-7-9-12(5-2)13-10-8-11-15-14(13)18(3,16)17/h5,8,10-11H,4,6-7,9H2,1-3H3. The number of nitrogens with zero attached hydrogens (tertiary/aromatic N) is 1. The number of sulfone groups is 1. The van der Waals surface area contributed by atoms with Gasteiger partial charge in [-0.2, -0.15) is 0 Å². The van der Waals surface area contributed by atoms with Crippen LogP contribution in [0.3, 0.4) is 0 Å². The molecule has 0 saturated heterocycles. The van der Waals surface area contributed by atoms with E-state index in [1.165, 1.54) is 12.5 Å². The normalized spacial score (nSPS) is 12.7. The van der Waals surface area contributed by atoms with Gasteiger partial charge in [0.1, 0.15) is 0 Å². The van der Waals surface area contributed by atoms with Crippen LogP contribution in [0.15, 0.2) is 29.4 Å². The van der Waals surface area contributed by atoms with Crippen molar-refractivity contribution in [1.29, 1.82) is 0 Å². The maximum atomic E-state index is 11.7. The second-order valence-corrected chi connectivity index (χ2v) is 6.33. The largest absolute Gasteiger partial charge is 0.244 e. The van der Waals surface area contributed by atoms with Gasteiger partial charge in [0.2, 0.25) is 0 Å². The lowest BCUT2D eigenvalue weighted by molar-refractivity contribution is 0.597. The third-order valence-corrected chi connectivity index (χ3v) is 3.89. The Bertz CT molecular complexity index is 518. The highest BCUT2D eigenvalue weighted by molar-refractivity contribution is 7.90. The van der Waals surface area contributed by atoms with Gasteiger partial charge < -0.3 is 0 Å². The number of unbranched alkanes of at least 4 members (excludes halogenated alkanes) is 2. The molecule has 0 aliphatic rings. The number of pyridine rings is 1. The molecule has 0 spiro atoms. The van der Waals surface area contributed by atoms with Gasteiger partial charge in [0.05, 0.1) is 0 Å². The lowest BCUT2D eigenvalue weighted by Gasteiger charge is -2.10. The molecule has 1 rings (SSSR count). The monoisotopic (exact) mass is 267 g/mol. The first-order chi connectivity index (χ1) is 8.50. The molecule has 0 fully saturated rings. The lowest BCUT2D eigenvalue weighted by Crippen LogP contribution is -2.05. The Morgan fingerprint density at radius 3 is 2.67 bits per heavy atom. The van der Waals surface area contributed by atoms with Crippen molar-refractivity contribution in [3.8, 4) is 0 Å². The Morgan fingerprint density at radius 1 is 1.39 bits per heavy atom. The summed E-state index contributed by atoms with van der Waals surface area (Å²) in [6.45, 7) is 4.10. The Morgan fingerprint density at radius 2 is 2.11 bits per heavy atom. The van der Waals surface area contributed by atoms with Gasteiger partial charge in [0.15, 0.2) is 14.9 Å². The van der Waals surface area contributed by atoms with Gasteiger partial charge in [-0.1, -0.05) is 31.9 Å². The summed E-state index contributed by atoms with van der Waals surface area (Å²) in [5, 5.41) is 0.189. The van der Waals surface area contributed by atoms with E-state index >= 15 is 0 Å². The van der Waals surface area contributed by atoms with Crippen LogP contribution in [0, 0.1) is 0 Å². The second-order valence-electron chi connectivity index (χ2n) is 4.40. The fourth-order valence-corrected chi connectivity index (χ4v) is 2.78. The van der Waals surface area contributed by atoms with E-state index in [-0.39, 0.29) is 5.03 Å². The molecular weight excluding hydrogens is 246 g/mol. The molecule has 1 aromatic heterocycles. The molecule has 0 radical (unpaired) electrons. The molecule has 0 bridgehead atoms. The topological polar surface area (TPSA) is 47.0 Å². The third-order valence-electron chi connectivity index (χ3n) is 2.87. The average Bonchev–Trinajstić information content (AvgIpc) is 2.34. The second kappa shape index (κ2) is 6.69. The summed E-state index contributed by atoms with van der Waals surface area (Å²) in [5.41, 5.74) is 1.82. The van der Waals surface area contributed by atoms with Crippen molar-refractivity contribution in [2.24, 2.45) is 0 Å². The van der Waals surface area contributed by atoms with Gasteiger partial charge in [-0.15, -0.1) is 0 Å². The molecule has 1 aromatic rings. The van der Waals surface area contributed by atoms with E-state index in [2.05, 4.69) is 11.9 Å². The molecule has 1 heterocycles.